The van der Waals surface area contributed by atoms with Gasteiger partial charge in [-0.2, -0.15) is 0 Å². The molecule has 28 heavy (non-hydrogen) atoms. The number of carboxylic acids is 1. The number of primary amides is 1. The first-order valence-corrected chi connectivity index (χ1v) is 9.97. The van der Waals surface area contributed by atoms with Crippen molar-refractivity contribution in [3.05, 3.63) is 29.8 Å². The maximum Gasteiger partial charge on any atom is 0.493 e. The van der Waals surface area contributed by atoms with E-state index in [9.17, 15) is 9.59 Å². The molecule has 1 aromatic rings. The van der Waals surface area contributed by atoms with Crippen molar-refractivity contribution in [3.63, 3.8) is 0 Å². The van der Waals surface area contributed by atoms with Crippen LogP contribution in [0.5, 0.6) is 0 Å². The Labute approximate surface area is 167 Å². The van der Waals surface area contributed by atoms with E-state index >= 15 is 0 Å². The topological polar surface area (TPSA) is 98.8 Å². The summed E-state index contributed by atoms with van der Waals surface area (Å²) < 4.78 is 11.6. The fraction of sp³-hybridized carbons (Fsp3) is 0.619. The highest BCUT2D eigenvalue weighted by atomic mass is 16.6. The van der Waals surface area contributed by atoms with E-state index in [0.29, 0.717) is 19.6 Å². The number of carbonyl (C=O) groups is 2. The predicted octanol–water partition coefficient (Wildman–Crippen LogP) is 2.52. The number of hydrogen-bond acceptors (Lipinski definition) is 4. The normalized spacial score (nSPS) is 18.5. The average molecular weight is 389 g/mol. The number of carboxylic acid groups (broad SMARTS) is 1. The van der Waals surface area contributed by atoms with E-state index in [-0.39, 0.29) is 36.7 Å². The SMILES string of the molecule is CCC(CCC(=O)O)(CCc1ccc(B2OCC(C)(C)CO2)cc1)CC(N)=O. The number of nitrogens with two attached hydrogens (primary N) is 1. The molecule has 0 spiro atoms. The molecule has 3 N–H and O–H groups in total. The Morgan fingerprint density at radius 2 is 1.79 bits per heavy atom. The molecule has 1 atom stereocenters. The molecule has 1 aromatic carbocycles. The zero-order chi connectivity index (χ0) is 20.8. The lowest BCUT2D eigenvalue weighted by Gasteiger charge is -2.33. The van der Waals surface area contributed by atoms with Crippen molar-refractivity contribution >= 4 is 24.5 Å². The molecule has 1 aliphatic rings. The lowest BCUT2D eigenvalue weighted by molar-refractivity contribution is -0.138. The van der Waals surface area contributed by atoms with Crippen molar-refractivity contribution < 1.29 is 24.0 Å². The molecule has 2 rings (SSSR count). The highest BCUT2D eigenvalue weighted by Crippen LogP contribution is 2.37. The largest absolute Gasteiger partial charge is 0.493 e. The summed E-state index contributed by atoms with van der Waals surface area (Å²) in [6.07, 6.45) is 2.94. The van der Waals surface area contributed by atoms with Crippen LogP contribution in [0.1, 0.15) is 58.4 Å². The van der Waals surface area contributed by atoms with E-state index in [1.54, 1.807) is 0 Å². The van der Waals surface area contributed by atoms with Crippen molar-refractivity contribution in [1.82, 2.24) is 0 Å². The number of hydrogen-bond donors (Lipinski definition) is 2. The molecule has 0 aliphatic carbocycles. The van der Waals surface area contributed by atoms with Gasteiger partial charge in [-0.15, -0.1) is 0 Å². The summed E-state index contributed by atoms with van der Waals surface area (Å²) in [7, 11) is -0.331. The van der Waals surface area contributed by atoms with Gasteiger partial charge in [-0.1, -0.05) is 45.0 Å². The molecule has 1 unspecified atom stereocenters. The molecule has 1 saturated heterocycles. The Bertz CT molecular complexity index is 666. The van der Waals surface area contributed by atoms with Crippen LogP contribution in [0.15, 0.2) is 24.3 Å². The molecule has 6 nitrogen and oxygen atoms in total. The van der Waals surface area contributed by atoms with E-state index in [0.717, 1.165) is 30.3 Å². The third-order valence-electron chi connectivity index (χ3n) is 5.62. The summed E-state index contributed by atoms with van der Waals surface area (Å²) in [6.45, 7) is 7.54. The molecule has 0 radical (unpaired) electrons. The van der Waals surface area contributed by atoms with Crippen molar-refractivity contribution in [2.45, 2.75) is 59.3 Å². The second-order valence-electron chi connectivity index (χ2n) is 8.75. The van der Waals surface area contributed by atoms with Gasteiger partial charge >= 0.3 is 13.1 Å². The van der Waals surface area contributed by atoms with Crippen LogP contribution in [-0.4, -0.2) is 37.3 Å². The van der Waals surface area contributed by atoms with Crippen LogP contribution in [0.4, 0.5) is 0 Å². The van der Waals surface area contributed by atoms with Crippen LogP contribution in [-0.2, 0) is 25.3 Å². The van der Waals surface area contributed by atoms with Gasteiger partial charge in [0.15, 0.2) is 0 Å². The van der Waals surface area contributed by atoms with Gasteiger partial charge in [0.25, 0.3) is 0 Å². The number of rotatable bonds is 10. The third kappa shape index (κ3) is 6.64. The third-order valence-corrected chi connectivity index (χ3v) is 5.62. The Kier molecular flexibility index (Phi) is 7.66. The van der Waals surface area contributed by atoms with Crippen molar-refractivity contribution in [3.8, 4) is 0 Å². The number of amides is 1. The Balaban J connectivity index is 1.99. The quantitative estimate of drug-likeness (QED) is 0.599. The first-order valence-electron chi connectivity index (χ1n) is 9.97. The fourth-order valence-corrected chi connectivity index (χ4v) is 3.66. The van der Waals surface area contributed by atoms with Gasteiger partial charge in [0.1, 0.15) is 0 Å². The van der Waals surface area contributed by atoms with E-state index in [1.807, 2.05) is 31.2 Å². The Morgan fingerprint density at radius 1 is 1.18 bits per heavy atom. The monoisotopic (exact) mass is 389 g/mol. The molecule has 1 aliphatic heterocycles. The molecular formula is C21H32BNO5. The first-order chi connectivity index (χ1) is 13.1. The van der Waals surface area contributed by atoms with Gasteiger partial charge < -0.3 is 20.1 Å². The van der Waals surface area contributed by atoms with Gasteiger partial charge in [0, 0.05) is 31.5 Å². The van der Waals surface area contributed by atoms with Crippen LogP contribution in [0.25, 0.3) is 0 Å². The van der Waals surface area contributed by atoms with Crippen LogP contribution in [0, 0.1) is 10.8 Å². The summed E-state index contributed by atoms with van der Waals surface area (Å²) in [6, 6.07) is 8.11. The molecule has 1 heterocycles. The fourth-order valence-electron chi connectivity index (χ4n) is 3.66. The Hall–Kier alpha value is -1.86. The second kappa shape index (κ2) is 9.57. The van der Waals surface area contributed by atoms with Crippen LogP contribution >= 0.6 is 0 Å². The van der Waals surface area contributed by atoms with Gasteiger partial charge in [0.2, 0.25) is 5.91 Å². The van der Waals surface area contributed by atoms with Gasteiger partial charge in [-0.05, 0) is 42.1 Å². The maximum atomic E-state index is 11.5. The molecule has 1 fully saturated rings. The zero-order valence-electron chi connectivity index (χ0n) is 17.2. The summed E-state index contributed by atoms with van der Waals surface area (Å²) in [4.78, 5) is 22.6. The van der Waals surface area contributed by atoms with Crippen molar-refractivity contribution in [2.75, 3.05) is 13.2 Å². The minimum atomic E-state index is -0.845. The first kappa shape index (κ1) is 22.4. The lowest BCUT2D eigenvalue weighted by Crippen LogP contribution is -2.47. The smallest absolute Gasteiger partial charge is 0.481 e. The minimum absolute atomic E-state index is 0.0380. The summed E-state index contributed by atoms with van der Waals surface area (Å²) in [5, 5.41) is 9.04. The second-order valence-corrected chi connectivity index (χ2v) is 8.75. The number of aryl methyl sites for hydroxylation is 1. The van der Waals surface area contributed by atoms with Gasteiger partial charge in [-0.25, -0.2) is 0 Å². The number of carbonyl (C=O) groups excluding carboxylic acids is 1. The lowest BCUT2D eigenvalue weighted by atomic mass is 9.72. The molecule has 7 heteroatoms. The maximum absolute atomic E-state index is 11.5. The van der Waals surface area contributed by atoms with Crippen LogP contribution in [0.3, 0.4) is 0 Å². The summed E-state index contributed by atoms with van der Waals surface area (Å²) in [5.74, 6) is -1.22. The summed E-state index contributed by atoms with van der Waals surface area (Å²) >= 11 is 0. The molecule has 154 valence electrons. The van der Waals surface area contributed by atoms with Crippen LogP contribution in [0.2, 0.25) is 0 Å². The van der Waals surface area contributed by atoms with E-state index in [4.69, 9.17) is 20.1 Å². The molecule has 0 aromatic heterocycles. The van der Waals surface area contributed by atoms with Crippen molar-refractivity contribution in [1.29, 1.82) is 0 Å². The van der Waals surface area contributed by atoms with Gasteiger partial charge in [-0.3, -0.25) is 9.59 Å². The highest BCUT2D eigenvalue weighted by Gasteiger charge is 2.33. The Morgan fingerprint density at radius 3 is 2.29 bits per heavy atom. The van der Waals surface area contributed by atoms with E-state index < -0.39 is 5.97 Å². The standard InChI is InChI=1S/C21H32BNO5/c1-4-21(13-18(23)24,12-10-19(25)26)11-9-16-5-7-17(8-6-16)22-27-14-20(2,3)15-28-22/h5-8H,4,9-15H2,1-3H3,(H2,23,24)(H,25,26). The minimum Gasteiger partial charge on any atom is -0.481 e. The zero-order valence-corrected chi connectivity index (χ0v) is 17.2. The molecule has 0 bridgehead atoms. The average Bonchev–Trinajstić information content (AvgIpc) is 2.64. The van der Waals surface area contributed by atoms with E-state index in [2.05, 4.69) is 13.8 Å². The summed E-state index contributed by atoms with van der Waals surface area (Å²) in [5.41, 5.74) is 7.23. The van der Waals surface area contributed by atoms with E-state index in [1.165, 1.54) is 0 Å². The molecular weight excluding hydrogens is 357 g/mol. The number of benzene rings is 1. The van der Waals surface area contributed by atoms with Gasteiger partial charge in [0.05, 0.1) is 0 Å². The molecule has 0 saturated carbocycles. The molecule has 1 amide bonds. The predicted molar refractivity (Wildman–Crippen MR) is 109 cm³/mol. The highest BCUT2D eigenvalue weighted by molar-refractivity contribution is 6.61. The van der Waals surface area contributed by atoms with Crippen LogP contribution < -0.4 is 11.2 Å². The number of aliphatic carboxylic acids is 1. The van der Waals surface area contributed by atoms with Crippen molar-refractivity contribution in [2.24, 2.45) is 16.6 Å².